The van der Waals surface area contributed by atoms with Gasteiger partial charge < -0.3 is 15.0 Å². The molecule has 20 heavy (non-hydrogen) atoms. The average molecular weight is 312 g/mol. The summed E-state index contributed by atoms with van der Waals surface area (Å²) in [5, 5.41) is 3.92. The van der Waals surface area contributed by atoms with E-state index in [1.807, 2.05) is 36.2 Å². The first-order valence-corrected chi connectivity index (χ1v) is 6.74. The Morgan fingerprint density at radius 1 is 1.15 bits per heavy atom. The van der Waals surface area contributed by atoms with E-state index in [4.69, 9.17) is 27.9 Å². The Bertz CT molecular complexity index is 602. The van der Waals surface area contributed by atoms with E-state index in [2.05, 4.69) is 10.3 Å². The van der Waals surface area contributed by atoms with Crippen LogP contribution in [0.2, 0.25) is 10.0 Å². The van der Waals surface area contributed by atoms with Crippen LogP contribution < -0.4 is 15.0 Å². The summed E-state index contributed by atoms with van der Waals surface area (Å²) < 4.78 is 5.14. The van der Waals surface area contributed by atoms with Crippen LogP contribution in [0.5, 0.6) is 5.75 Å². The Labute approximate surface area is 128 Å². The number of ether oxygens (including phenoxy) is 1. The molecule has 0 aliphatic heterocycles. The number of nitrogens with one attached hydrogen (secondary N) is 1. The first-order chi connectivity index (χ1) is 9.56. The molecule has 6 heteroatoms. The fourth-order valence-corrected chi connectivity index (χ4v) is 2.38. The summed E-state index contributed by atoms with van der Waals surface area (Å²) in [7, 11) is 5.29. The normalized spacial score (nSPS) is 10.2. The molecule has 0 spiro atoms. The van der Waals surface area contributed by atoms with E-state index in [-0.39, 0.29) is 0 Å². The number of hydrogen-bond acceptors (Lipinski definition) is 4. The molecule has 1 aromatic heterocycles. The highest BCUT2D eigenvalue weighted by atomic mass is 35.5. The van der Waals surface area contributed by atoms with Gasteiger partial charge in [0.25, 0.3) is 0 Å². The third-order valence-electron chi connectivity index (χ3n) is 2.93. The molecule has 0 atom stereocenters. The van der Waals surface area contributed by atoms with Gasteiger partial charge in [-0.05, 0) is 30.3 Å². The molecule has 0 aliphatic carbocycles. The van der Waals surface area contributed by atoms with Crippen molar-refractivity contribution < 1.29 is 4.74 Å². The summed E-state index contributed by atoms with van der Waals surface area (Å²) in [6.07, 6.45) is 0. The molecule has 1 aromatic carbocycles. The number of aromatic nitrogens is 1. The number of hydrogen-bond donors (Lipinski definition) is 1. The standard InChI is InChI=1S/C14H15Cl2N3O/c1-17-13-11(15)8-12(16)14(18-13)19(2)9-4-6-10(20-3)7-5-9/h4-8H,1-3H3,(H,17,18). The summed E-state index contributed by atoms with van der Waals surface area (Å²) in [6, 6.07) is 9.32. The maximum absolute atomic E-state index is 6.22. The minimum atomic E-state index is 0.490. The van der Waals surface area contributed by atoms with Gasteiger partial charge in [-0.1, -0.05) is 23.2 Å². The fraction of sp³-hybridized carbons (Fsp3) is 0.214. The molecule has 0 radical (unpaired) electrons. The molecule has 4 nitrogen and oxygen atoms in total. The Hall–Kier alpha value is -1.65. The van der Waals surface area contributed by atoms with E-state index in [1.54, 1.807) is 20.2 Å². The zero-order valence-corrected chi connectivity index (χ0v) is 13.0. The molecule has 0 unspecified atom stereocenters. The van der Waals surface area contributed by atoms with Crippen LogP contribution in [0.4, 0.5) is 17.3 Å². The van der Waals surface area contributed by atoms with E-state index in [1.165, 1.54) is 0 Å². The second-order valence-electron chi connectivity index (χ2n) is 4.13. The summed E-state index contributed by atoms with van der Waals surface area (Å²) in [5.41, 5.74) is 0.949. The lowest BCUT2D eigenvalue weighted by atomic mass is 10.2. The summed E-state index contributed by atoms with van der Waals surface area (Å²) >= 11 is 12.3. The van der Waals surface area contributed by atoms with Gasteiger partial charge in [0.2, 0.25) is 0 Å². The van der Waals surface area contributed by atoms with Gasteiger partial charge in [0.15, 0.2) is 5.82 Å². The van der Waals surface area contributed by atoms with Crippen LogP contribution in [-0.4, -0.2) is 26.2 Å². The Balaban J connectivity index is 2.38. The molecule has 0 bridgehead atoms. The largest absolute Gasteiger partial charge is 0.497 e. The molecule has 1 heterocycles. The molecule has 0 fully saturated rings. The first-order valence-electron chi connectivity index (χ1n) is 5.98. The van der Waals surface area contributed by atoms with Crippen molar-refractivity contribution >= 4 is 40.5 Å². The van der Waals surface area contributed by atoms with Crippen molar-refractivity contribution in [3.05, 3.63) is 40.4 Å². The molecule has 0 aliphatic rings. The van der Waals surface area contributed by atoms with Crippen LogP contribution in [0.25, 0.3) is 0 Å². The van der Waals surface area contributed by atoms with Crippen LogP contribution in [0.3, 0.4) is 0 Å². The lowest BCUT2D eigenvalue weighted by Crippen LogP contribution is -2.12. The number of benzene rings is 1. The number of anilines is 3. The van der Waals surface area contributed by atoms with Crippen molar-refractivity contribution in [2.75, 3.05) is 31.4 Å². The van der Waals surface area contributed by atoms with Crippen LogP contribution in [0, 0.1) is 0 Å². The zero-order chi connectivity index (χ0) is 14.7. The highest BCUT2D eigenvalue weighted by Gasteiger charge is 2.13. The van der Waals surface area contributed by atoms with E-state index < -0.39 is 0 Å². The predicted molar refractivity (Wildman–Crippen MR) is 84.9 cm³/mol. The molecule has 1 N–H and O–H groups in total. The van der Waals surface area contributed by atoms with Crippen LogP contribution in [0.1, 0.15) is 0 Å². The topological polar surface area (TPSA) is 37.4 Å². The molecule has 0 saturated carbocycles. The minimum Gasteiger partial charge on any atom is -0.497 e. The Morgan fingerprint density at radius 3 is 2.35 bits per heavy atom. The number of halogens is 2. The van der Waals surface area contributed by atoms with E-state index in [0.717, 1.165) is 11.4 Å². The smallest absolute Gasteiger partial charge is 0.154 e. The van der Waals surface area contributed by atoms with Gasteiger partial charge >= 0.3 is 0 Å². The lowest BCUT2D eigenvalue weighted by molar-refractivity contribution is 0.415. The highest BCUT2D eigenvalue weighted by Crippen LogP contribution is 2.34. The first kappa shape index (κ1) is 14.8. The van der Waals surface area contributed by atoms with Crippen LogP contribution in [-0.2, 0) is 0 Å². The van der Waals surface area contributed by atoms with Crippen molar-refractivity contribution in [2.24, 2.45) is 0 Å². The van der Waals surface area contributed by atoms with Gasteiger partial charge in [-0.25, -0.2) is 4.98 Å². The summed E-state index contributed by atoms with van der Waals surface area (Å²) in [6.45, 7) is 0. The maximum Gasteiger partial charge on any atom is 0.154 e. The third-order valence-corrected chi connectivity index (χ3v) is 3.49. The molecular formula is C14H15Cl2N3O. The van der Waals surface area contributed by atoms with Gasteiger partial charge in [0.1, 0.15) is 11.6 Å². The van der Waals surface area contributed by atoms with E-state index >= 15 is 0 Å². The van der Waals surface area contributed by atoms with Gasteiger partial charge in [-0.15, -0.1) is 0 Å². The molecule has 106 valence electrons. The van der Waals surface area contributed by atoms with Crippen molar-refractivity contribution in [1.82, 2.24) is 4.98 Å². The third kappa shape index (κ3) is 2.92. The van der Waals surface area contributed by atoms with Gasteiger partial charge in [0, 0.05) is 19.8 Å². The van der Waals surface area contributed by atoms with Crippen molar-refractivity contribution in [3.8, 4) is 5.75 Å². The Morgan fingerprint density at radius 2 is 1.80 bits per heavy atom. The van der Waals surface area contributed by atoms with E-state index in [9.17, 15) is 0 Å². The predicted octanol–water partition coefficient (Wildman–Crippen LogP) is 4.21. The number of pyridine rings is 1. The highest BCUT2D eigenvalue weighted by molar-refractivity contribution is 6.37. The van der Waals surface area contributed by atoms with Gasteiger partial charge in [-0.3, -0.25) is 0 Å². The summed E-state index contributed by atoms with van der Waals surface area (Å²) in [5.74, 6) is 2.02. The van der Waals surface area contributed by atoms with E-state index in [0.29, 0.717) is 21.7 Å². The molecule has 2 rings (SSSR count). The molecule has 2 aromatic rings. The van der Waals surface area contributed by atoms with Gasteiger partial charge in [-0.2, -0.15) is 0 Å². The molecular weight excluding hydrogens is 297 g/mol. The van der Waals surface area contributed by atoms with Crippen LogP contribution in [0.15, 0.2) is 30.3 Å². The second kappa shape index (κ2) is 6.20. The molecule has 0 amide bonds. The second-order valence-corrected chi connectivity index (χ2v) is 4.95. The Kier molecular flexibility index (Phi) is 4.57. The van der Waals surface area contributed by atoms with Crippen LogP contribution >= 0.6 is 23.2 Å². The van der Waals surface area contributed by atoms with Crippen molar-refractivity contribution in [2.45, 2.75) is 0 Å². The summed E-state index contributed by atoms with van der Waals surface area (Å²) in [4.78, 5) is 6.32. The fourth-order valence-electron chi connectivity index (χ4n) is 1.80. The number of methoxy groups -OCH3 is 1. The minimum absolute atomic E-state index is 0.490. The SMILES string of the molecule is CNc1nc(N(C)c2ccc(OC)cc2)c(Cl)cc1Cl. The van der Waals surface area contributed by atoms with Crippen molar-refractivity contribution in [1.29, 1.82) is 0 Å². The van der Waals surface area contributed by atoms with Gasteiger partial charge in [0.05, 0.1) is 17.2 Å². The quantitative estimate of drug-likeness (QED) is 0.918. The number of nitrogens with zero attached hydrogens (tertiary/aromatic N) is 2. The lowest BCUT2D eigenvalue weighted by Gasteiger charge is -2.21. The zero-order valence-electron chi connectivity index (χ0n) is 11.4. The average Bonchev–Trinajstić information content (AvgIpc) is 2.47. The monoisotopic (exact) mass is 311 g/mol. The number of rotatable bonds is 4. The van der Waals surface area contributed by atoms with Crippen molar-refractivity contribution in [3.63, 3.8) is 0 Å². The maximum atomic E-state index is 6.22. The molecule has 0 saturated heterocycles.